The summed E-state index contributed by atoms with van der Waals surface area (Å²) in [4.78, 5) is 22.2. The number of anilines is 1. The normalized spacial score (nSPS) is 21.8. The Morgan fingerprint density at radius 1 is 1.14 bits per heavy atom. The first-order valence-electron chi connectivity index (χ1n) is 12.3. The van der Waals surface area contributed by atoms with Crippen molar-refractivity contribution in [2.75, 3.05) is 64.8 Å². The van der Waals surface area contributed by atoms with E-state index in [1.54, 1.807) is 10.6 Å². The van der Waals surface area contributed by atoms with E-state index in [-0.39, 0.29) is 11.6 Å². The first-order chi connectivity index (χ1) is 17.1. The van der Waals surface area contributed by atoms with Gasteiger partial charge in [-0.15, -0.1) is 0 Å². The second-order valence-electron chi connectivity index (χ2n) is 9.51. The van der Waals surface area contributed by atoms with Gasteiger partial charge in [-0.05, 0) is 65.1 Å². The standard InChI is InChI=1S/C26H33BrN6O2/c1-31-17-20(19-5-7-22(8-6-19)35-15-14-32-12-9-28-10-13-32)16-21(18-31)29-25-24(27)26(34)33-11-3-2-4-23(33)30-25/h2-8,11,20-21,28-29H,9-10,12-18H2,1H3/t20-,21+/m0/s1. The van der Waals surface area contributed by atoms with E-state index in [4.69, 9.17) is 4.74 Å². The zero-order valence-corrected chi connectivity index (χ0v) is 21.7. The third-order valence-corrected chi connectivity index (χ3v) is 7.61. The van der Waals surface area contributed by atoms with Crippen molar-refractivity contribution in [2.24, 2.45) is 0 Å². The average molecular weight is 541 g/mol. The number of halogens is 1. The second-order valence-corrected chi connectivity index (χ2v) is 10.3. The van der Waals surface area contributed by atoms with Crippen LogP contribution in [0.25, 0.3) is 5.65 Å². The van der Waals surface area contributed by atoms with Crippen LogP contribution < -0.4 is 20.9 Å². The van der Waals surface area contributed by atoms with Gasteiger partial charge in [-0.1, -0.05) is 18.2 Å². The maximum Gasteiger partial charge on any atom is 0.274 e. The molecule has 9 heteroatoms. The van der Waals surface area contributed by atoms with Crippen LogP contribution in [0.1, 0.15) is 17.9 Å². The van der Waals surface area contributed by atoms with E-state index >= 15 is 0 Å². The lowest BCUT2D eigenvalue weighted by molar-refractivity contribution is 0.191. The van der Waals surface area contributed by atoms with Gasteiger partial charge < -0.3 is 20.3 Å². The monoisotopic (exact) mass is 540 g/mol. The quantitative estimate of drug-likeness (QED) is 0.477. The number of ether oxygens (including phenoxy) is 1. The molecule has 2 fully saturated rings. The number of likely N-dealkylation sites (N-methyl/N-ethyl adjacent to an activating group) is 1. The SMILES string of the molecule is CN1C[C@H](Nc2nc3ccccn3c(=O)c2Br)C[C@H](c2ccc(OCCN3CCNCC3)cc2)C1. The van der Waals surface area contributed by atoms with Crippen LogP contribution in [0.5, 0.6) is 5.75 Å². The van der Waals surface area contributed by atoms with Crippen molar-refractivity contribution in [3.8, 4) is 5.75 Å². The summed E-state index contributed by atoms with van der Waals surface area (Å²) in [5.41, 5.74) is 1.84. The van der Waals surface area contributed by atoms with E-state index < -0.39 is 0 Å². The van der Waals surface area contributed by atoms with E-state index in [0.717, 1.165) is 58.0 Å². The molecule has 186 valence electrons. The van der Waals surface area contributed by atoms with Crippen LogP contribution >= 0.6 is 15.9 Å². The number of likely N-dealkylation sites (tertiary alicyclic amines) is 1. The van der Waals surface area contributed by atoms with Gasteiger partial charge in [0.25, 0.3) is 5.56 Å². The van der Waals surface area contributed by atoms with Crippen molar-refractivity contribution < 1.29 is 4.74 Å². The number of aromatic nitrogens is 2. The Balaban J connectivity index is 1.22. The Labute approximate surface area is 214 Å². The minimum absolute atomic E-state index is 0.105. The second kappa shape index (κ2) is 11.1. The highest BCUT2D eigenvalue weighted by molar-refractivity contribution is 9.10. The van der Waals surface area contributed by atoms with Gasteiger partial charge in [0.05, 0.1) is 0 Å². The molecule has 0 radical (unpaired) electrons. The molecule has 8 nitrogen and oxygen atoms in total. The van der Waals surface area contributed by atoms with Crippen molar-refractivity contribution in [3.63, 3.8) is 0 Å². The van der Waals surface area contributed by atoms with Gasteiger partial charge in [0.1, 0.15) is 28.3 Å². The number of rotatable bonds is 7. The van der Waals surface area contributed by atoms with Gasteiger partial charge >= 0.3 is 0 Å². The molecule has 0 amide bonds. The molecule has 0 spiro atoms. The maximum absolute atomic E-state index is 12.7. The molecular formula is C26H33BrN6O2. The number of hydrogen-bond acceptors (Lipinski definition) is 7. The van der Waals surface area contributed by atoms with Gasteiger partial charge in [0, 0.05) is 58.1 Å². The summed E-state index contributed by atoms with van der Waals surface area (Å²) in [7, 11) is 2.15. The zero-order valence-electron chi connectivity index (χ0n) is 20.1. The van der Waals surface area contributed by atoms with E-state index in [9.17, 15) is 4.79 Å². The molecule has 2 aromatic heterocycles. The molecule has 0 bridgehead atoms. The Kier molecular flexibility index (Phi) is 7.67. The van der Waals surface area contributed by atoms with Crippen LogP contribution in [0.3, 0.4) is 0 Å². The fourth-order valence-corrected chi connectivity index (χ4v) is 5.48. The average Bonchev–Trinajstić information content (AvgIpc) is 2.88. The minimum Gasteiger partial charge on any atom is -0.492 e. The first kappa shape index (κ1) is 24.2. The first-order valence-corrected chi connectivity index (χ1v) is 13.1. The third kappa shape index (κ3) is 5.86. The summed E-state index contributed by atoms with van der Waals surface area (Å²) in [6.45, 7) is 7.87. The highest BCUT2D eigenvalue weighted by atomic mass is 79.9. The molecule has 35 heavy (non-hydrogen) atoms. The molecule has 0 saturated carbocycles. The van der Waals surface area contributed by atoms with Gasteiger partial charge in [0.2, 0.25) is 0 Å². The van der Waals surface area contributed by atoms with Crippen molar-refractivity contribution in [1.29, 1.82) is 0 Å². The Bertz CT molecular complexity index is 1190. The highest BCUT2D eigenvalue weighted by Crippen LogP contribution is 2.30. The van der Waals surface area contributed by atoms with E-state index in [2.05, 4.69) is 72.7 Å². The summed E-state index contributed by atoms with van der Waals surface area (Å²) in [6, 6.07) is 14.3. The summed E-state index contributed by atoms with van der Waals surface area (Å²) < 4.78 is 8.02. The van der Waals surface area contributed by atoms with Crippen LogP contribution in [0.2, 0.25) is 0 Å². The lowest BCUT2D eigenvalue weighted by Crippen LogP contribution is -2.44. The van der Waals surface area contributed by atoms with Crippen molar-refractivity contribution in [2.45, 2.75) is 18.4 Å². The van der Waals surface area contributed by atoms with Crippen LogP contribution in [-0.4, -0.2) is 84.7 Å². The van der Waals surface area contributed by atoms with Crippen LogP contribution in [0.15, 0.2) is 57.9 Å². The molecule has 2 saturated heterocycles. The third-order valence-electron chi connectivity index (χ3n) is 6.89. The molecule has 2 N–H and O–H groups in total. The van der Waals surface area contributed by atoms with Crippen LogP contribution in [-0.2, 0) is 0 Å². The minimum atomic E-state index is -0.105. The Morgan fingerprint density at radius 2 is 1.94 bits per heavy atom. The number of pyridine rings is 1. The lowest BCUT2D eigenvalue weighted by Gasteiger charge is -2.36. The molecule has 2 aliphatic heterocycles. The number of benzene rings is 1. The van der Waals surface area contributed by atoms with Crippen molar-refractivity contribution in [1.82, 2.24) is 24.5 Å². The van der Waals surface area contributed by atoms with Gasteiger partial charge in [-0.3, -0.25) is 14.1 Å². The molecular weight excluding hydrogens is 508 g/mol. The predicted octanol–water partition coefficient (Wildman–Crippen LogP) is 2.64. The van der Waals surface area contributed by atoms with E-state index in [1.807, 2.05) is 18.2 Å². The molecule has 2 atom stereocenters. The van der Waals surface area contributed by atoms with E-state index in [1.165, 1.54) is 5.56 Å². The molecule has 3 aromatic rings. The molecule has 0 aliphatic carbocycles. The predicted molar refractivity (Wildman–Crippen MR) is 143 cm³/mol. The molecule has 0 unspecified atom stereocenters. The number of nitrogens with one attached hydrogen (secondary N) is 2. The number of nitrogens with zero attached hydrogens (tertiary/aromatic N) is 4. The molecule has 2 aliphatic rings. The maximum atomic E-state index is 12.7. The van der Waals surface area contributed by atoms with E-state index in [0.29, 0.717) is 28.5 Å². The summed E-state index contributed by atoms with van der Waals surface area (Å²) >= 11 is 3.47. The Morgan fingerprint density at radius 3 is 2.74 bits per heavy atom. The summed E-state index contributed by atoms with van der Waals surface area (Å²) in [5, 5.41) is 6.92. The summed E-state index contributed by atoms with van der Waals surface area (Å²) in [5.74, 6) is 1.92. The fraction of sp³-hybridized carbons (Fsp3) is 0.462. The number of fused-ring (bicyclic) bond motifs is 1. The molecule has 1 aromatic carbocycles. The number of piperidine rings is 1. The highest BCUT2D eigenvalue weighted by Gasteiger charge is 2.27. The fourth-order valence-electron chi connectivity index (χ4n) is 5.09. The lowest BCUT2D eigenvalue weighted by atomic mass is 9.88. The topological polar surface area (TPSA) is 74.1 Å². The van der Waals surface area contributed by atoms with Crippen molar-refractivity contribution >= 4 is 27.4 Å². The molecule has 4 heterocycles. The van der Waals surface area contributed by atoms with Gasteiger partial charge in [0.15, 0.2) is 0 Å². The van der Waals surface area contributed by atoms with Crippen LogP contribution in [0, 0.1) is 0 Å². The van der Waals surface area contributed by atoms with Gasteiger partial charge in [-0.25, -0.2) is 4.98 Å². The summed E-state index contributed by atoms with van der Waals surface area (Å²) in [6.07, 6.45) is 2.71. The smallest absolute Gasteiger partial charge is 0.274 e. The number of piperazine rings is 1. The number of hydrogen-bond donors (Lipinski definition) is 2. The van der Waals surface area contributed by atoms with Crippen LogP contribution in [0.4, 0.5) is 5.82 Å². The largest absolute Gasteiger partial charge is 0.492 e. The Hall–Kier alpha value is -2.46. The molecule has 5 rings (SSSR count). The van der Waals surface area contributed by atoms with Gasteiger partial charge in [-0.2, -0.15) is 0 Å². The zero-order chi connectivity index (χ0) is 24.2. The van der Waals surface area contributed by atoms with Crippen molar-refractivity contribution in [3.05, 3.63) is 69.1 Å².